The van der Waals surface area contributed by atoms with Crippen molar-refractivity contribution < 1.29 is 4.42 Å². The predicted octanol–water partition coefficient (Wildman–Crippen LogP) is 10.4. The second kappa shape index (κ2) is 7.55. The van der Waals surface area contributed by atoms with Gasteiger partial charge in [-0.1, -0.05) is 97.1 Å². The van der Waals surface area contributed by atoms with Crippen LogP contribution in [0.1, 0.15) is 0 Å². The van der Waals surface area contributed by atoms with Gasteiger partial charge in [0.15, 0.2) is 0 Å². The summed E-state index contributed by atoms with van der Waals surface area (Å²) in [7, 11) is 0. The predicted molar refractivity (Wildman–Crippen MR) is 155 cm³/mol. The molecule has 0 spiro atoms. The highest BCUT2D eigenvalue weighted by molar-refractivity contribution is 7.22. The highest BCUT2D eigenvalue weighted by atomic mass is 32.1. The zero-order chi connectivity index (χ0) is 23.6. The van der Waals surface area contributed by atoms with E-state index in [1.54, 1.807) is 0 Å². The van der Waals surface area contributed by atoms with Gasteiger partial charge >= 0.3 is 0 Å². The molecular formula is C34H20OS. The Kier molecular flexibility index (Phi) is 4.16. The fourth-order valence-corrected chi connectivity index (χ4v) is 6.84. The van der Waals surface area contributed by atoms with Gasteiger partial charge in [0, 0.05) is 25.9 Å². The Balaban J connectivity index is 1.46. The first-order valence-electron chi connectivity index (χ1n) is 12.2. The molecule has 0 saturated carbocycles. The van der Waals surface area contributed by atoms with Gasteiger partial charge in [-0.25, -0.2) is 0 Å². The van der Waals surface area contributed by atoms with Crippen molar-refractivity contribution in [1.29, 1.82) is 0 Å². The van der Waals surface area contributed by atoms with E-state index in [0.717, 1.165) is 11.2 Å². The minimum absolute atomic E-state index is 0.943. The van der Waals surface area contributed by atoms with Crippen LogP contribution in [-0.2, 0) is 0 Å². The van der Waals surface area contributed by atoms with Crippen LogP contribution in [0, 0.1) is 0 Å². The van der Waals surface area contributed by atoms with Gasteiger partial charge in [-0.3, -0.25) is 0 Å². The lowest BCUT2D eigenvalue weighted by Crippen LogP contribution is -1.89. The molecule has 168 valence electrons. The molecule has 0 bridgehead atoms. The Hall–Kier alpha value is -4.40. The molecule has 0 N–H and O–H groups in total. The van der Waals surface area contributed by atoms with E-state index in [1.807, 2.05) is 23.5 Å². The van der Waals surface area contributed by atoms with Crippen LogP contribution in [0.25, 0.3) is 75.1 Å². The Morgan fingerprint density at radius 3 is 1.72 bits per heavy atom. The lowest BCUT2D eigenvalue weighted by atomic mass is 9.88. The van der Waals surface area contributed by atoms with Crippen LogP contribution in [0.15, 0.2) is 126 Å². The summed E-state index contributed by atoms with van der Waals surface area (Å²) in [5.74, 6) is 0. The lowest BCUT2D eigenvalue weighted by molar-refractivity contribution is 0.669. The number of hydrogen-bond donors (Lipinski definition) is 0. The fraction of sp³-hybridized carbons (Fsp3) is 0. The molecule has 0 atom stereocenters. The standard InChI is InChI=1S/C34H20OS/c1-2-10-21(11-3-1)33-24-13-4-6-15-26(24)34(27-16-7-5-14-25(27)33)32-19-22-18-28-23-12-8-9-17-29(23)35-30(28)20-31(22)36-32/h1-20H. The van der Waals surface area contributed by atoms with Crippen molar-refractivity contribution in [2.45, 2.75) is 0 Å². The second-order valence-corrected chi connectivity index (χ2v) is 10.4. The van der Waals surface area contributed by atoms with E-state index in [1.165, 1.54) is 64.0 Å². The van der Waals surface area contributed by atoms with E-state index in [0.29, 0.717) is 0 Å². The second-order valence-electron chi connectivity index (χ2n) is 9.30. The van der Waals surface area contributed by atoms with Gasteiger partial charge in [0.25, 0.3) is 0 Å². The van der Waals surface area contributed by atoms with E-state index >= 15 is 0 Å². The summed E-state index contributed by atoms with van der Waals surface area (Å²) in [5.41, 5.74) is 5.75. The third kappa shape index (κ3) is 2.82. The summed E-state index contributed by atoms with van der Waals surface area (Å²) in [6, 6.07) is 43.6. The van der Waals surface area contributed by atoms with E-state index < -0.39 is 0 Å². The van der Waals surface area contributed by atoms with Gasteiger partial charge in [0.05, 0.1) is 0 Å². The number of rotatable bonds is 2. The molecule has 0 fully saturated rings. The molecule has 8 rings (SSSR count). The van der Waals surface area contributed by atoms with Crippen LogP contribution in [0.4, 0.5) is 0 Å². The van der Waals surface area contributed by atoms with Crippen LogP contribution >= 0.6 is 11.3 Å². The largest absolute Gasteiger partial charge is 0.456 e. The highest BCUT2D eigenvalue weighted by Gasteiger charge is 2.18. The molecule has 0 saturated heterocycles. The fourth-order valence-electron chi connectivity index (χ4n) is 5.69. The van der Waals surface area contributed by atoms with Gasteiger partial charge in [-0.15, -0.1) is 11.3 Å². The number of benzene rings is 6. The van der Waals surface area contributed by atoms with Crippen molar-refractivity contribution in [3.63, 3.8) is 0 Å². The first-order valence-corrected chi connectivity index (χ1v) is 13.0. The molecular weight excluding hydrogens is 456 g/mol. The monoisotopic (exact) mass is 476 g/mol. The quantitative estimate of drug-likeness (QED) is 0.226. The molecule has 2 heterocycles. The number of fused-ring (bicyclic) bond motifs is 6. The molecule has 0 aliphatic heterocycles. The molecule has 0 amide bonds. The molecule has 0 aliphatic carbocycles. The van der Waals surface area contributed by atoms with Crippen molar-refractivity contribution in [2.75, 3.05) is 0 Å². The Labute approximate surface area is 211 Å². The van der Waals surface area contributed by atoms with Gasteiger partial charge < -0.3 is 4.42 Å². The molecule has 0 radical (unpaired) electrons. The maximum absolute atomic E-state index is 6.19. The van der Waals surface area contributed by atoms with Gasteiger partial charge in [-0.2, -0.15) is 0 Å². The summed E-state index contributed by atoms with van der Waals surface area (Å²) in [6.45, 7) is 0. The molecule has 0 unspecified atom stereocenters. The highest BCUT2D eigenvalue weighted by Crippen LogP contribution is 2.47. The van der Waals surface area contributed by atoms with E-state index in [4.69, 9.17) is 4.42 Å². The SMILES string of the molecule is c1ccc(-c2c3ccccc3c(-c3cc4cc5c(cc4s3)oc3ccccc35)c3ccccc23)cc1. The van der Waals surface area contributed by atoms with E-state index in [-0.39, 0.29) is 0 Å². The maximum atomic E-state index is 6.19. The Morgan fingerprint density at radius 1 is 0.444 bits per heavy atom. The van der Waals surface area contributed by atoms with E-state index in [2.05, 4.69) is 109 Å². The summed E-state index contributed by atoms with van der Waals surface area (Å²) in [6.07, 6.45) is 0. The molecule has 36 heavy (non-hydrogen) atoms. The summed E-state index contributed by atoms with van der Waals surface area (Å²) in [5, 5.41) is 8.76. The average molecular weight is 477 g/mol. The van der Waals surface area contributed by atoms with Crippen LogP contribution < -0.4 is 0 Å². The topological polar surface area (TPSA) is 13.1 Å². The summed E-state index contributed by atoms with van der Waals surface area (Å²) >= 11 is 1.85. The number of para-hydroxylation sites is 1. The number of furan rings is 1. The molecule has 0 aliphatic rings. The lowest BCUT2D eigenvalue weighted by Gasteiger charge is -2.16. The van der Waals surface area contributed by atoms with Gasteiger partial charge in [0.1, 0.15) is 11.2 Å². The zero-order valence-electron chi connectivity index (χ0n) is 19.4. The third-order valence-corrected chi connectivity index (χ3v) is 8.37. The maximum Gasteiger partial charge on any atom is 0.136 e. The molecule has 2 heteroatoms. The van der Waals surface area contributed by atoms with Crippen molar-refractivity contribution in [3.8, 4) is 21.6 Å². The van der Waals surface area contributed by atoms with Crippen LogP contribution in [0.3, 0.4) is 0 Å². The van der Waals surface area contributed by atoms with E-state index in [9.17, 15) is 0 Å². The normalized spacial score (nSPS) is 11.9. The zero-order valence-corrected chi connectivity index (χ0v) is 20.2. The van der Waals surface area contributed by atoms with Crippen LogP contribution in [-0.4, -0.2) is 0 Å². The first-order chi connectivity index (χ1) is 17.8. The first kappa shape index (κ1) is 19.9. The Bertz CT molecular complexity index is 2040. The number of hydrogen-bond acceptors (Lipinski definition) is 2. The molecule has 1 nitrogen and oxygen atoms in total. The third-order valence-electron chi connectivity index (χ3n) is 7.26. The van der Waals surface area contributed by atoms with Crippen molar-refractivity contribution in [1.82, 2.24) is 0 Å². The van der Waals surface area contributed by atoms with Crippen LogP contribution in [0.2, 0.25) is 0 Å². The van der Waals surface area contributed by atoms with Crippen LogP contribution in [0.5, 0.6) is 0 Å². The van der Waals surface area contributed by atoms with Crippen molar-refractivity contribution >= 4 is 64.9 Å². The van der Waals surface area contributed by atoms with Crippen molar-refractivity contribution in [2.24, 2.45) is 0 Å². The Morgan fingerprint density at radius 2 is 1.03 bits per heavy atom. The molecule has 8 aromatic rings. The summed E-state index contributed by atoms with van der Waals surface area (Å²) < 4.78 is 7.43. The van der Waals surface area contributed by atoms with Crippen molar-refractivity contribution in [3.05, 3.63) is 121 Å². The smallest absolute Gasteiger partial charge is 0.136 e. The molecule has 2 aromatic heterocycles. The average Bonchev–Trinajstić information content (AvgIpc) is 3.51. The van der Waals surface area contributed by atoms with Gasteiger partial charge in [-0.05, 0) is 62.3 Å². The minimum Gasteiger partial charge on any atom is -0.456 e. The summed E-state index contributed by atoms with van der Waals surface area (Å²) in [4.78, 5) is 1.29. The molecule has 6 aromatic carbocycles. The minimum atomic E-state index is 0.943. The number of thiophene rings is 1. The van der Waals surface area contributed by atoms with Gasteiger partial charge in [0.2, 0.25) is 0 Å².